The number of hydrogen-bond donors (Lipinski definition) is 0. The van der Waals surface area contributed by atoms with E-state index >= 15 is 0 Å². The van der Waals surface area contributed by atoms with Crippen molar-refractivity contribution in [3.63, 3.8) is 0 Å². The summed E-state index contributed by atoms with van der Waals surface area (Å²) in [4.78, 5) is 20.6. The number of ketones is 1. The molecule has 0 atom stereocenters. The highest BCUT2D eigenvalue weighted by molar-refractivity contribution is 9.10. The maximum Gasteiger partial charge on any atom is 0.168 e. The van der Waals surface area contributed by atoms with Gasteiger partial charge >= 0.3 is 0 Å². The Morgan fingerprint density at radius 1 is 1.26 bits per heavy atom. The summed E-state index contributed by atoms with van der Waals surface area (Å²) in [6, 6.07) is 5.76. The third-order valence-corrected chi connectivity index (χ3v) is 4.04. The second-order valence-corrected chi connectivity index (χ2v) is 6.00. The Balaban J connectivity index is 1.87. The van der Waals surface area contributed by atoms with Crippen LogP contribution >= 0.6 is 27.3 Å². The first kappa shape index (κ1) is 12.4. The van der Waals surface area contributed by atoms with E-state index in [-0.39, 0.29) is 5.78 Å². The molecular weight excluding hydrogens is 324 g/mol. The van der Waals surface area contributed by atoms with Crippen LogP contribution in [-0.2, 0) is 6.42 Å². The highest BCUT2D eigenvalue weighted by Crippen LogP contribution is 2.20. The molecular formula is C14H9BrN2OS. The Kier molecular flexibility index (Phi) is 3.40. The van der Waals surface area contributed by atoms with E-state index in [9.17, 15) is 4.79 Å². The molecule has 0 spiro atoms. The molecule has 5 heteroatoms. The maximum absolute atomic E-state index is 12.2. The summed E-state index contributed by atoms with van der Waals surface area (Å²) in [5.74, 6) is 0.0581. The molecule has 0 aromatic carbocycles. The van der Waals surface area contributed by atoms with Crippen LogP contribution in [0.2, 0.25) is 0 Å². The Bertz CT molecular complexity index is 754. The predicted molar refractivity (Wildman–Crippen MR) is 79.6 cm³/mol. The molecule has 0 aliphatic carbocycles. The van der Waals surface area contributed by atoms with Crippen molar-refractivity contribution >= 4 is 43.3 Å². The van der Waals surface area contributed by atoms with Gasteiger partial charge in [0, 0.05) is 35.0 Å². The number of halogens is 1. The zero-order valence-electron chi connectivity index (χ0n) is 9.84. The van der Waals surface area contributed by atoms with E-state index in [4.69, 9.17) is 0 Å². The van der Waals surface area contributed by atoms with Crippen LogP contribution in [0.25, 0.3) is 10.2 Å². The second-order valence-electron chi connectivity index (χ2n) is 4.14. The number of carbonyl (C=O) groups is 1. The molecule has 0 fully saturated rings. The van der Waals surface area contributed by atoms with E-state index < -0.39 is 0 Å². The first-order chi connectivity index (χ1) is 9.22. The number of aromatic nitrogens is 2. The highest BCUT2D eigenvalue weighted by Gasteiger charge is 2.09. The van der Waals surface area contributed by atoms with Gasteiger partial charge in [-0.15, -0.1) is 11.3 Å². The van der Waals surface area contributed by atoms with E-state index in [1.54, 1.807) is 29.9 Å². The Hall–Kier alpha value is -1.59. The lowest BCUT2D eigenvalue weighted by atomic mass is 10.1. The lowest BCUT2D eigenvalue weighted by Crippen LogP contribution is -2.04. The van der Waals surface area contributed by atoms with Gasteiger partial charge in [-0.1, -0.05) is 0 Å². The van der Waals surface area contributed by atoms with Crippen LogP contribution in [0.5, 0.6) is 0 Å². The zero-order valence-corrected chi connectivity index (χ0v) is 12.2. The molecule has 0 aliphatic heterocycles. The van der Waals surface area contributed by atoms with E-state index in [1.807, 2.05) is 23.6 Å². The minimum absolute atomic E-state index is 0.0581. The van der Waals surface area contributed by atoms with Gasteiger partial charge in [0.05, 0.1) is 10.2 Å². The van der Waals surface area contributed by atoms with E-state index in [2.05, 4.69) is 25.9 Å². The summed E-state index contributed by atoms with van der Waals surface area (Å²) in [6.07, 6.45) is 5.39. The van der Waals surface area contributed by atoms with Crippen molar-refractivity contribution < 1.29 is 4.79 Å². The number of nitrogens with zero attached hydrogens (tertiary/aromatic N) is 2. The van der Waals surface area contributed by atoms with Gasteiger partial charge in [-0.25, -0.2) is 0 Å². The summed E-state index contributed by atoms with van der Waals surface area (Å²) < 4.78 is 1.92. The first-order valence-electron chi connectivity index (χ1n) is 5.68. The van der Waals surface area contributed by atoms with Crippen molar-refractivity contribution in [3.05, 3.63) is 57.8 Å². The van der Waals surface area contributed by atoms with Gasteiger partial charge in [-0.2, -0.15) is 0 Å². The average molecular weight is 333 g/mol. The van der Waals surface area contributed by atoms with E-state index in [0.717, 1.165) is 20.3 Å². The molecule has 19 heavy (non-hydrogen) atoms. The Labute approximate surface area is 122 Å². The van der Waals surface area contributed by atoms with Crippen LogP contribution < -0.4 is 0 Å². The van der Waals surface area contributed by atoms with Crippen molar-refractivity contribution in [2.24, 2.45) is 0 Å². The molecule has 0 N–H and O–H groups in total. The topological polar surface area (TPSA) is 42.9 Å². The molecule has 3 heterocycles. The normalized spacial score (nSPS) is 10.8. The molecule has 0 aliphatic rings. The van der Waals surface area contributed by atoms with Crippen molar-refractivity contribution in [1.82, 2.24) is 9.97 Å². The van der Waals surface area contributed by atoms with E-state index in [1.165, 1.54) is 0 Å². The molecule has 0 amide bonds. The van der Waals surface area contributed by atoms with Crippen molar-refractivity contribution in [2.75, 3.05) is 0 Å². The molecule has 3 rings (SSSR count). The second kappa shape index (κ2) is 5.19. The average Bonchev–Trinajstić information content (AvgIpc) is 2.85. The van der Waals surface area contributed by atoms with Gasteiger partial charge in [0.15, 0.2) is 5.78 Å². The minimum Gasteiger partial charge on any atom is -0.294 e. The third kappa shape index (κ3) is 2.72. The predicted octanol–water partition coefficient (Wildman–Crippen LogP) is 3.88. The third-order valence-electron chi connectivity index (χ3n) is 2.75. The number of thiophene rings is 1. The number of hydrogen-bond acceptors (Lipinski definition) is 4. The lowest BCUT2D eigenvalue weighted by Gasteiger charge is -2.02. The van der Waals surface area contributed by atoms with Crippen LogP contribution in [0.4, 0.5) is 0 Å². The fraction of sp³-hybridized carbons (Fsp3) is 0.0714. The monoisotopic (exact) mass is 332 g/mol. The number of Topliss-reactive ketones (excluding diaryl/α,β-unsaturated/α-hetero) is 1. The molecule has 0 radical (unpaired) electrons. The van der Waals surface area contributed by atoms with Gasteiger partial charge in [0.1, 0.15) is 0 Å². The molecule has 94 valence electrons. The van der Waals surface area contributed by atoms with Gasteiger partial charge in [-0.3, -0.25) is 14.8 Å². The lowest BCUT2D eigenvalue weighted by molar-refractivity contribution is 0.0992. The summed E-state index contributed by atoms with van der Waals surface area (Å²) in [6.45, 7) is 0. The largest absolute Gasteiger partial charge is 0.294 e. The smallest absolute Gasteiger partial charge is 0.168 e. The number of pyridine rings is 2. The summed E-state index contributed by atoms with van der Waals surface area (Å²) >= 11 is 4.94. The molecule has 0 unspecified atom stereocenters. The van der Waals surface area contributed by atoms with Crippen LogP contribution in [0, 0.1) is 0 Å². The van der Waals surface area contributed by atoms with Crippen molar-refractivity contribution in [2.45, 2.75) is 6.42 Å². The van der Waals surface area contributed by atoms with Crippen LogP contribution in [0.15, 0.2) is 46.6 Å². The number of rotatable bonds is 3. The summed E-state index contributed by atoms with van der Waals surface area (Å²) in [5.41, 5.74) is 2.48. The fourth-order valence-corrected chi connectivity index (χ4v) is 3.03. The van der Waals surface area contributed by atoms with Crippen molar-refractivity contribution in [3.8, 4) is 0 Å². The van der Waals surface area contributed by atoms with Crippen LogP contribution in [-0.4, -0.2) is 15.8 Å². The highest BCUT2D eigenvalue weighted by atomic mass is 79.9. The van der Waals surface area contributed by atoms with Gasteiger partial charge in [-0.05, 0) is 45.1 Å². The molecule has 0 saturated heterocycles. The van der Waals surface area contributed by atoms with Crippen molar-refractivity contribution in [1.29, 1.82) is 0 Å². The first-order valence-corrected chi connectivity index (χ1v) is 7.35. The summed E-state index contributed by atoms with van der Waals surface area (Å²) in [7, 11) is 0. The van der Waals surface area contributed by atoms with Gasteiger partial charge < -0.3 is 0 Å². The van der Waals surface area contributed by atoms with Gasteiger partial charge in [0.2, 0.25) is 0 Å². The standard InChI is InChI=1S/C14H9BrN2OS/c15-11-3-9(6-16-8-11)4-13(18)10-5-14-12(17-7-10)1-2-19-14/h1-3,5-8H,4H2. The van der Waals surface area contributed by atoms with Crippen LogP contribution in [0.3, 0.4) is 0 Å². The molecule has 3 nitrogen and oxygen atoms in total. The zero-order chi connectivity index (χ0) is 13.2. The van der Waals surface area contributed by atoms with Crippen LogP contribution in [0.1, 0.15) is 15.9 Å². The molecule has 3 aromatic rings. The Morgan fingerprint density at radius 2 is 2.16 bits per heavy atom. The molecule has 0 bridgehead atoms. The van der Waals surface area contributed by atoms with E-state index in [0.29, 0.717) is 12.0 Å². The number of fused-ring (bicyclic) bond motifs is 1. The minimum atomic E-state index is 0.0581. The molecule has 3 aromatic heterocycles. The quantitative estimate of drug-likeness (QED) is 0.683. The summed E-state index contributed by atoms with van der Waals surface area (Å²) in [5, 5.41) is 1.98. The maximum atomic E-state index is 12.2. The Morgan fingerprint density at radius 3 is 3.00 bits per heavy atom. The van der Waals surface area contributed by atoms with Gasteiger partial charge in [0.25, 0.3) is 0 Å². The fourth-order valence-electron chi connectivity index (χ4n) is 1.84. The number of carbonyl (C=O) groups excluding carboxylic acids is 1. The SMILES string of the molecule is O=C(Cc1cncc(Br)c1)c1cnc2ccsc2c1. The molecule has 0 saturated carbocycles.